The maximum Gasteiger partial charge on any atom is 0.265 e. The van der Waals surface area contributed by atoms with Crippen LogP contribution in [-0.2, 0) is 9.59 Å². The van der Waals surface area contributed by atoms with E-state index in [2.05, 4.69) is 10.5 Å². The molecule has 0 aliphatic carbocycles. The first-order valence-corrected chi connectivity index (χ1v) is 8.09. The van der Waals surface area contributed by atoms with Crippen LogP contribution in [0.25, 0.3) is 0 Å². The average Bonchev–Trinajstić information content (AvgIpc) is 2.60. The molecule has 2 amide bonds. The highest BCUT2D eigenvalue weighted by atomic mass is 35.5. The number of hydrogen-bond acceptors (Lipinski definition) is 4. The van der Waals surface area contributed by atoms with E-state index in [4.69, 9.17) is 27.9 Å². The van der Waals surface area contributed by atoms with E-state index in [0.717, 1.165) is 0 Å². The lowest BCUT2D eigenvalue weighted by molar-refractivity contribution is -0.125. The van der Waals surface area contributed by atoms with Crippen molar-refractivity contribution < 1.29 is 14.3 Å². The van der Waals surface area contributed by atoms with Crippen LogP contribution in [0.3, 0.4) is 0 Å². The SMILES string of the molecule is O=C(CN1C(=O)COc2ccccc21)N/N=C\c1ccc(Cl)c(Cl)c1. The van der Waals surface area contributed by atoms with Crippen molar-refractivity contribution in [3.05, 3.63) is 58.1 Å². The smallest absolute Gasteiger partial charge is 0.265 e. The molecule has 25 heavy (non-hydrogen) atoms. The number of nitrogens with one attached hydrogen (secondary N) is 1. The third-order valence-corrected chi connectivity index (χ3v) is 4.20. The first kappa shape index (κ1) is 17.3. The molecule has 1 N–H and O–H groups in total. The van der Waals surface area contributed by atoms with Crippen molar-refractivity contribution >= 4 is 46.9 Å². The zero-order valence-corrected chi connectivity index (χ0v) is 14.4. The summed E-state index contributed by atoms with van der Waals surface area (Å²) in [6.45, 7) is -0.255. The summed E-state index contributed by atoms with van der Waals surface area (Å²) in [6, 6.07) is 12.0. The largest absolute Gasteiger partial charge is 0.482 e. The Morgan fingerprint density at radius 2 is 2.04 bits per heavy atom. The van der Waals surface area contributed by atoms with Crippen LogP contribution in [0.2, 0.25) is 10.0 Å². The van der Waals surface area contributed by atoms with Gasteiger partial charge in [0.05, 0.1) is 21.9 Å². The molecule has 2 aromatic rings. The van der Waals surface area contributed by atoms with Crippen LogP contribution in [-0.4, -0.2) is 31.2 Å². The minimum absolute atomic E-state index is 0.100. The fourth-order valence-electron chi connectivity index (χ4n) is 2.28. The van der Waals surface area contributed by atoms with Crippen LogP contribution < -0.4 is 15.1 Å². The van der Waals surface area contributed by atoms with Crippen LogP contribution in [0.4, 0.5) is 5.69 Å². The topological polar surface area (TPSA) is 71.0 Å². The zero-order chi connectivity index (χ0) is 17.8. The number of para-hydroxylation sites is 2. The fourth-order valence-corrected chi connectivity index (χ4v) is 2.58. The Morgan fingerprint density at radius 3 is 2.84 bits per heavy atom. The summed E-state index contributed by atoms with van der Waals surface area (Å²) >= 11 is 11.7. The van der Waals surface area contributed by atoms with E-state index < -0.39 is 5.91 Å². The Labute approximate surface area is 154 Å². The summed E-state index contributed by atoms with van der Waals surface area (Å²) in [4.78, 5) is 25.4. The minimum Gasteiger partial charge on any atom is -0.482 e. The van der Waals surface area contributed by atoms with Gasteiger partial charge >= 0.3 is 0 Å². The lowest BCUT2D eigenvalue weighted by Crippen LogP contribution is -2.44. The molecule has 0 saturated heterocycles. The van der Waals surface area contributed by atoms with Gasteiger partial charge in [0.2, 0.25) is 0 Å². The van der Waals surface area contributed by atoms with E-state index in [1.54, 1.807) is 42.5 Å². The third kappa shape index (κ3) is 4.10. The van der Waals surface area contributed by atoms with Crippen LogP contribution in [0, 0.1) is 0 Å². The van der Waals surface area contributed by atoms with Gasteiger partial charge in [-0.1, -0.05) is 41.4 Å². The predicted octanol–water partition coefficient (Wildman–Crippen LogP) is 2.87. The Hall–Kier alpha value is -2.57. The number of carbonyl (C=O) groups excluding carboxylic acids is 2. The number of halogens is 2. The Bertz CT molecular complexity index is 855. The second kappa shape index (κ2) is 7.55. The van der Waals surface area contributed by atoms with Gasteiger partial charge in [-0.15, -0.1) is 0 Å². The fraction of sp³-hybridized carbons (Fsp3) is 0.118. The molecule has 1 aliphatic rings. The number of fused-ring (bicyclic) bond motifs is 1. The summed E-state index contributed by atoms with van der Waals surface area (Å²) in [7, 11) is 0. The number of carbonyl (C=O) groups is 2. The van der Waals surface area contributed by atoms with Gasteiger partial charge in [-0.2, -0.15) is 5.10 Å². The van der Waals surface area contributed by atoms with Gasteiger partial charge in [-0.25, -0.2) is 5.43 Å². The number of anilines is 1. The second-order valence-electron chi connectivity index (χ2n) is 5.20. The summed E-state index contributed by atoms with van der Waals surface area (Å²) in [5, 5.41) is 4.70. The molecule has 3 rings (SSSR count). The molecule has 0 unspecified atom stereocenters. The molecule has 1 heterocycles. The molecule has 8 heteroatoms. The normalized spacial score (nSPS) is 13.5. The quantitative estimate of drug-likeness (QED) is 0.657. The molecule has 0 atom stereocenters. The molecule has 0 radical (unpaired) electrons. The van der Waals surface area contributed by atoms with Crippen molar-refractivity contribution in [3.63, 3.8) is 0 Å². The molecule has 2 aromatic carbocycles. The summed E-state index contributed by atoms with van der Waals surface area (Å²) in [5.74, 6) is -0.155. The van der Waals surface area contributed by atoms with Crippen molar-refractivity contribution in [1.29, 1.82) is 0 Å². The van der Waals surface area contributed by atoms with E-state index in [1.807, 2.05) is 0 Å². The number of hydrazone groups is 1. The second-order valence-corrected chi connectivity index (χ2v) is 6.02. The minimum atomic E-state index is -0.429. The Morgan fingerprint density at radius 1 is 1.24 bits per heavy atom. The molecule has 6 nitrogen and oxygen atoms in total. The van der Waals surface area contributed by atoms with E-state index in [9.17, 15) is 9.59 Å². The Balaban J connectivity index is 1.63. The molecular formula is C17H13Cl2N3O3. The van der Waals surface area contributed by atoms with Crippen LogP contribution in [0.5, 0.6) is 5.75 Å². The first-order chi connectivity index (χ1) is 12.0. The lowest BCUT2D eigenvalue weighted by atomic mass is 10.2. The van der Waals surface area contributed by atoms with Gasteiger partial charge in [0, 0.05) is 0 Å². The maximum absolute atomic E-state index is 12.1. The van der Waals surface area contributed by atoms with E-state index in [-0.39, 0.29) is 19.1 Å². The van der Waals surface area contributed by atoms with Crippen molar-refractivity contribution in [3.8, 4) is 5.75 Å². The number of rotatable bonds is 4. The molecule has 0 bridgehead atoms. The first-order valence-electron chi connectivity index (χ1n) is 7.34. The van der Waals surface area contributed by atoms with E-state index in [1.165, 1.54) is 11.1 Å². The molecular weight excluding hydrogens is 365 g/mol. The highest BCUT2D eigenvalue weighted by molar-refractivity contribution is 6.42. The Kier molecular flexibility index (Phi) is 5.21. The van der Waals surface area contributed by atoms with Crippen LogP contribution >= 0.6 is 23.2 Å². The van der Waals surface area contributed by atoms with E-state index in [0.29, 0.717) is 27.0 Å². The van der Waals surface area contributed by atoms with Crippen molar-refractivity contribution in [2.45, 2.75) is 0 Å². The maximum atomic E-state index is 12.1. The van der Waals surface area contributed by atoms with Gasteiger partial charge < -0.3 is 4.74 Å². The molecule has 0 fully saturated rings. The molecule has 0 saturated carbocycles. The number of amides is 2. The van der Waals surface area contributed by atoms with Gasteiger partial charge in [-0.3, -0.25) is 14.5 Å². The number of benzene rings is 2. The van der Waals surface area contributed by atoms with Gasteiger partial charge in [0.1, 0.15) is 12.3 Å². The van der Waals surface area contributed by atoms with Crippen molar-refractivity contribution in [2.24, 2.45) is 5.10 Å². The standard InChI is InChI=1S/C17H13Cl2N3O3/c18-12-6-5-11(7-13(12)19)8-20-21-16(23)9-22-14-3-1-2-4-15(14)25-10-17(22)24/h1-8H,9-10H2,(H,21,23)/b20-8-. The molecule has 1 aliphatic heterocycles. The summed E-state index contributed by atoms with van der Waals surface area (Å²) in [6.07, 6.45) is 1.44. The highest BCUT2D eigenvalue weighted by Gasteiger charge is 2.26. The highest BCUT2D eigenvalue weighted by Crippen LogP contribution is 2.31. The lowest BCUT2D eigenvalue weighted by Gasteiger charge is -2.28. The zero-order valence-electron chi connectivity index (χ0n) is 12.9. The van der Waals surface area contributed by atoms with Crippen LogP contribution in [0.1, 0.15) is 5.56 Å². The number of hydrogen-bond donors (Lipinski definition) is 1. The predicted molar refractivity (Wildman–Crippen MR) is 96.5 cm³/mol. The number of nitrogens with zero attached hydrogens (tertiary/aromatic N) is 2. The van der Waals surface area contributed by atoms with Gasteiger partial charge in [0.25, 0.3) is 11.8 Å². The van der Waals surface area contributed by atoms with Crippen molar-refractivity contribution in [2.75, 3.05) is 18.1 Å². The van der Waals surface area contributed by atoms with Crippen molar-refractivity contribution in [1.82, 2.24) is 5.43 Å². The molecule has 0 aromatic heterocycles. The number of ether oxygens (including phenoxy) is 1. The average molecular weight is 378 g/mol. The summed E-state index contributed by atoms with van der Waals surface area (Å²) < 4.78 is 5.33. The third-order valence-electron chi connectivity index (χ3n) is 3.46. The molecule has 128 valence electrons. The van der Waals surface area contributed by atoms with Gasteiger partial charge in [0.15, 0.2) is 6.61 Å². The van der Waals surface area contributed by atoms with Crippen LogP contribution in [0.15, 0.2) is 47.6 Å². The van der Waals surface area contributed by atoms with Gasteiger partial charge in [-0.05, 0) is 29.8 Å². The van der Waals surface area contributed by atoms with E-state index >= 15 is 0 Å². The monoisotopic (exact) mass is 377 g/mol. The molecule has 0 spiro atoms. The summed E-state index contributed by atoms with van der Waals surface area (Å²) in [5.41, 5.74) is 3.62.